The molecule has 0 bridgehead atoms. The van der Waals surface area contributed by atoms with Crippen LogP contribution >= 0.6 is 0 Å². The van der Waals surface area contributed by atoms with E-state index in [1.54, 1.807) is 0 Å². The van der Waals surface area contributed by atoms with Crippen LogP contribution in [0.3, 0.4) is 0 Å². The highest BCUT2D eigenvalue weighted by atomic mass is 16.4. The number of piperidine rings is 1. The number of hydrogen-bond donors (Lipinski definition) is 3. The van der Waals surface area contributed by atoms with E-state index in [0.29, 0.717) is 12.2 Å². The van der Waals surface area contributed by atoms with Crippen LogP contribution in [-0.4, -0.2) is 68.9 Å². The number of carboxylic acids is 2. The van der Waals surface area contributed by atoms with Gasteiger partial charge in [0.05, 0.1) is 5.52 Å². The minimum atomic E-state index is -1.82. The maximum Gasteiger partial charge on any atom is 0.414 e. The van der Waals surface area contributed by atoms with Gasteiger partial charge in [-0.1, -0.05) is 48.5 Å². The van der Waals surface area contributed by atoms with Gasteiger partial charge in [-0.25, -0.2) is 9.59 Å². The fourth-order valence-electron chi connectivity index (χ4n) is 4.42. The van der Waals surface area contributed by atoms with Crippen molar-refractivity contribution in [3.8, 4) is 0 Å². The third-order valence-corrected chi connectivity index (χ3v) is 6.29. The summed E-state index contributed by atoms with van der Waals surface area (Å²) in [4.78, 5) is 33.5. The Hall–Kier alpha value is -3.72. The number of nitrogens with zero attached hydrogens (tertiary/aromatic N) is 3. The number of rotatable bonds is 7. The van der Waals surface area contributed by atoms with Crippen LogP contribution in [0.2, 0.25) is 0 Å². The first-order chi connectivity index (χ1) is 17.3. The Labute approximate surface area is 210 Å². The molecule has 0 aliphatic carbocycles. The van der Waals surface area contributed by atoms with Gasteiger partial charge in [-0.05, 0) is 63.7 Å². The Morgan fingerprint density at radius 3 is 2.19 bits per heavy atom. The molecule has 9 nitrogen and oxygen atoms in total. The molecule has 4 rings (SSSR count). The monoisotopic (exact) mass is 494 g/mol. The Morgan fingerprint density at radius 1 is 0.972 bits per heavy atom. The molecule has 2 aromatic carbocycles. The van der Waals surface area contributed by atoms with Crippen LogP contribution in [0.5, 0.6) is 0 Å². The van der Waals surface area contributed by atoms with E-state index in [1.165, 1.54) is 24.8 Å². The highest BCUT2D eigenvalue weighted by Gasteiger charge is 2.21. The number of carbonyl (C=O) groups is 3. The molecule has 0 radical (unpaired) electrons. The van der Waals surface area contributed by atoms with Crippen LogP contribution in [-0.2, 0) is 16.0 Å². The summed E-state index contributed by atoms with van der Waals surface area (Å²) in [6, 6.07) is 19.0. The largest absolute Gasteiger partial charge is 0.473 e. The third kappa shape index (κ3) is 7.39. The van der Waals surface area contributed by atoms with E-state index < -0.39 is 11.9 Å². The average Bonchev–Trinajstić information content (AvgIpc) is 3.26. The summed E-state index contributed by atoms with van der Waals surface area (Å²) < 4.78 is 1.93. The second kappa shape index (κ2) is 12.8. The van der Waals surface area contributed by atoms with Gasteiger partial charge in [-0.15, -0.1) is 0 Å². The molecule has 1 aromatic heterocycles. The Balaban J connectivity index is 0.000000538. The van der Waals surface area contributed by atoms with Gasteiger partial charge in [-0.3, -0.25) is 9.48 Å². The highest BCUT2D eigenvalue weighted by Crippen LogP contribution is 2.22. The van der Waals surface area contributed by atoms with Gasteiger partial charge in [-0.2, -0.15) is 5.10 Å². The predicted molar refractivity (Wildman–Crippen MR) is 137 cm³/mol. The second-order valence-corrected chi connectivity index (χ2v) is 9.25. The Morgan fingerprint density at radius 2 is 1.58 bits per heavy atom. The fourth-order valence-corrected chi connectivity index (χ4v) is 4.42. The molecule has 1 aliphatic rings. The average molecular weight is 495 g/mol. The van der Waals surface area contributed by atoms with Gasteiger partial charge in [0.2, 0.25) is 0 Å². The number of hydrogen-bond acceptors (Lipinski definition) is 5. The molecule has 3 aromatic rings. The number of aromatic nitrogens is 2. The molecule has 36 heavy (non-hydrogen) atoms. The number of amides is 1. The SMILES string of the molecule is CC(C)n1nc(C(=O)NCCN2CCC(Cc3ccccc3)CC2)c2ccccc21.O=C(O)C(=O)O. The second-order valence-electron chi connectivity index (χ2n) is 9.25. The Kier molecular flexibility index (Phi) is 9.58. The van der Waals surface area contributed by atoms with Crippen LogP contribution in [0.15, 0.2) is 54.6 Å². The maximum atomic E-state index is 12.8. The van der Waals surface area contributed by atoms with E-state index in [4.69, 9.17) is 19.8 Å². The van der Waals surface area contributed by atoms with E-state index in [0.717, 1.165) is 36.5 Å². The molecule has 1 saturated heterocycles. The summed E-state index contributed by atoms with van der Waals surface area (Å²) in [6.07, 6.45) is 3.63. The van der Waals surface area contributed by atoms with Gasteiger partial charge < -0.3 is 20.4 Å². The van der Waals surface area contributed by atoms with Crippen LogP contribution in [0.25, 0.3) is 10.9 Å². The summed E-state index contributed by atoms with van der Waals surface area (Å²) >= 11 is 0. The van der Waals surface area contributed by atoms with Crippen LogP contribution < -0.4 is 5.32 Å². The third-order valence-electron chi connectivity index (χ3n) is 6.29. The molecule has 192 valence electrons. The van der Waals surface area contributed by atoms with Crippen molar-refractivity contribution in [3.05, 3.63) is 65.9 Å². The first kappa shape index (κ1) is 26.9. The number of carbonyl (C=O) groups excluding carboxylic acids is 1. The van der Waals surface area contributed by atoms with Crippen LogP contribution in [0.4, 0.5) is 0 Å². The first-order valence-corrected chi connectivity index (χ1v) is 12.2. The standard InChI is InChI=1S/C25H32N4O.C2H2O4/c1-19(2)29-23-11-7-6-10-22(23)24(27-29)25(30)26-14-17-28-15-12-21(13-16-28)18-20-8-4-3-5-9-20;3-1(4)2(5)6/h3-11,19,21H,12-18H2,1-2H3,(H,26,30);(H,3,4)(H,5,6). The zero-order valence-corrected chi connectivity index (χ0v) is 20.8. The van der Waals surface area contributed by atoms with Gasteiger partial charge in [0.15, 0.2) is 5.69 Å². The van der Waals surface area contributed by atoms with Crippen molar-refractivity contribution in [2.75, 3.05) is 26.2 Å². The molecular formula is C27H34N4O5. The first-order valence-electron chi connectivity index (χ1n) is 12.2. The molecule has 0 atom stereocenters. The summed E-state index contributed by atoms with van der Waals surface area (Å²) in [5.41, 5.74) is 2.98. The predicted octanol–water partition coefficient (Wildman–Crippen LogP) is 3.46. The van der Waals surface area contributed by atoms with E-state index in [1.807, 2.05) is 28.9 Å². The lowest BCUT2D eigenvalue weighted by molar-refractivity contribution is -0.159. The molecule has 1 aliphatic heterocycles. The van der Waals surface area contributed by atoms with E-state index in [9.17, 15) is 4.79 Å². The lowest BCUT2D eigenvalue weighted by Gasteiger charge is -2.32. The van der Waals surface area contributed by atoms with Crippen molar-refractivity contribution in [3.63, 3.8) is 0 Å². The van der Waals surface area contributed by atoms with Gasteiger partial charge in [0, 0.05) is 24.5 Å². The van der Waals surface area contributed by atoms with E-state index in [-0.39, 0.29) is 11.9 Å². The smallest absolute Gasteiger partial charge is 0.414 e. The van der Waals surface area contributed by atoms with E-state index >= 15 is 0 Å². The van der Waals surface area contributed by atoms with Crippen molar-refractivity contribution in [1.82, 2.24) is 20.0 Å². The molecule has 0 spiro atoms. The number of likely N-dealkylation sites (tertiary alicyclic amines) is 1. The number of nitrogens with one attached hydrogen (secondary N) is 1. The molecular weight excluding hydrogens is 460 g/mol. The normalized spacial score (nSPS) is 14.3. The lowest BCUT2D eigenvalue weighted by Crippen LogP contribution is -2.40. The number of aliphatic carboxylic acids is 2. The summed E-state index contributed by atoms with van der Waals surface area (Å²) in [7, 11) is 0. The number of fused-ring (bicyclic) bond motifs is 1. The molecule has 2 heterocycles. The molecule has 1 fully saturated rings. The summed E-state index contributed by atoms with van der Waals surface area (Å²) in [5.74, 6) is -2.96. The quantitative estimate of drug-likeness (QED) is 0.430. The van der Waals surface area contributed by atoms with Crippen molar-refractivity contribution >= 4 is 28.7 Å². The van der Waals surface area contributed by atoms with Crippen LogP contribution in [0.1, 0.15) is 48.8 Å². The lowest BCUT2D eigenvalue weighted by atomic mass is 9.90. The number of benzene rings is 2. The number of carboxylic acid groups (broad SMARTS) is 2. The van der Waals surface area contributed by atoms with Crippen molar-refractivity contribution in [2.45, 2.75) is 39.2 Å². The van der Waals surface area contributed by atoms with Gasteiger partial charge >= 0.3 is 11.9 Å². The zero-order chi connectivity index (χ0) is 26.1. The van der Waals surface area contributed by atoms with Crippen molar-refractivity contribution in [1.29, 1.82) is 0 Å². The molecule has 0 unspecified atom stereocenters. The minimum Gasteiger partial charge on any atom is -0.473 e. The molecule has 3 N–H and O–H groups in total. The zero-order valence-electron chi connectivity index (χ0n) is 20.8. The summed E-state index contributed by atoms with van der Waals surface area (Å²) in [6.45, 7) is 7.94. The Bertz CT molecular complexity index is 1160. The van der Waals surface area contributed by atoms with Crippen molar-refractivity contribution < 1.29 is 24.6 Å². The topological polar surface area (TPSA) is 125 Å². The molecule has 0 saturated carbocycles. The molecule has 1 amide bonds. The summed E-state index contributed by atoms with van der Waals surface area (Å²) in [5, 5.41) is 23.4. The van der Waals surface area contributed by atoms with Crippen molar-refractivity contribution in [2.24, 2.45) is 5.92 Å². The minimum absolute atomic E-state index is 0.0791. The maximum absolute atomic E-state index is 12.8. The van der Waals surface area contributed by atoms with E-state index in [2.05, 4.69) is 59.5 Å². The van der Waals surface area contributed by atoms with Gasteiger partial charge in [0.25, 0.3) is 5.91 Å². The van der Waals surface area contributed by atoms with Crippen LogP contribution in [0, 0.1) is 5.92 Å². The highest BCUT2D eigenvalue weighted by molar-refractivity contribution is 6.27. The van der Waals surface area contributed by atoms with Gasteiger partial charge in [0.1, 0.15) is 0 Å². The fraction of sp³-hybridized carbons (Fsp3) is 0.407. The number of para-hydroxylation sites is 1. The molecule has 9 heteroatoms.